The first-order valence-electron chi connectivity index (χ1n) is 8.11. The molecule has 0 aliphatic heterocycles. The second-order valence-corrected chi connectivity index (χ2v) is 6.50. The Labute approximate surface area is 179 Å². The molecule has 0 aromatic heterocycles. The highest BCUT2D eigenvalue weighted by molar-refractivity contribution is 14.1. The van der Waals surface area contributed by atoms with E-state index in [0.29, 0.717) is 23.7 Å². The van der Waals surface area contributed by atoms with Crippen molar-refractivity contribution >= 4 is 45.9 Å². The van der Waals surface area contributed by atoms with Crippen LogP contribution in [0.25, 0.3) is 0 Å². The molecule has 2 rings (SSSR count). The standard InChI is InChI=1S/C18H15IN4O6/c1-3-7-29-18-14(19)8-12(9-17(18)28-4-2)11-20-21-15-6-5-13(22(24)25)10-16(15)23(26)27/h1,5-6,8-11,21H,4,7H2,2H3/b20-11+. The molecule has 0 atom stereocenters. The van der Waals surface area contributed by atoms with Crippen molar-refractivity contribution < 1.29 is 19.3 Å². The van der Waals surface area contributed by atoms with E-state index in [9.17, 15) is 20.2 Å². The molecule has 2 aromatic rings. The summed E-state index contributed by atoms with van der Waals surface area (Å²) >= 11 is 2.07. The van der Waals surface area contributed by atoms with E-state index >= 15 is 0 Å². The number of non-ortho nitro benzene ring substituents is 1. The number of nitrogens with one attached hydrogen (secondary N) is 1. The van der Waals surface area contributed by atoms with Gasteiger partial charge in [-0.15, -0.1) is 6.42 Å². The van der Waals surface area contributed by atoms with Crippen LogP contribution in [-0.2, 0) is 0 Å². The molecule has 2 aromatic carbocycles. The Bertz CT molecular complexity index is 1000. The van der Waals surface area contributed by atoms with E-state index in [-0.39, 0.29) is 18.0 Å². The molecule has 0 amide bonds. The zero-order chi connectivity index (χ0) is 21.4. The lowest BCUT2D eigenvalue weighted by Crippen LogP contribution is -2.03. The molecule has 0 aliphatic carbocycles. The summed E-state index contributed by atoms with van der Waals surface area (Å²) in [4.78, 5) is 20.5. The molecule has 0 bridgehead atoms. The quantitative estimate of drug-likeness (QED) is 0.178. The normalized spacial score (nSPS) is 10.4. The average Bonchev–Trinajstić information content (AvgIpc) is 2.67. The van der Waals surface area contributed by atoms with Gasteiger partial charge in [-0.3, -0.25) is 25.7 Å². The van der Waals surface area contributed by atoms with Crippen LogP contribution in [0.15, 0.2) is 35.4 Å². The van der Waals surface area contributed by atoms with Gasteiger partial charge < -0.3 is 9.47 Å². The van der Waals surface area contributed by atoms with E-state index in [1.807, 2.05) is 6.92 Å². The third kappa shape index (κ3) is 5.79. The Kier molecular flexibility index (Phi) is 7.72. The number of nitro groups is 2. The Balaban J connectivity index is 2.27. The highest BCUT2D eigenvalue weighted by Gasteiger charge is 2.19. The molecular formula is C18H15IN4O6. The van der Waals surface area contributed by atoms with Crippen molar-refractivity contribution in [2.45, 2.75) is 6.92 Å². The summed E-state index contributed by atoms with van der Waals surface area (Å²) in [7, 11) is 0. The van der Waals surface area contributed by atoms with Crippen LogP contribution >= 0.6 is 22.6 Å². The van der Waals surface area contributed by atoms with Crippen molar-refractivity contribution in [1.82, 2.24) is 0 Å². The fourth-order valence-electron chi connectivity index (χ4n) is 2.23. The number of rotatable bonds is 9. The predicted octanol–water partition coefficient (Wildman–Crippen LogP) is 3.96. The Morgan fingerprint density at radius 1 is 1.24 bits per heavy atom. The van der Waals surface area contributed by atoms with Crippen molar-refractivity contribution in [2.24, 2.45) is 5.10 Å². The first-order valence-corrected chi connectivity index (χ1v) is 9.19. The SMILES string of the molecule is C#CCOc1c(I)cc(/C=N/Nc2ccc([N+](=O)[O-])cc2[N+](=O)[O-])cc1OCC. The van der Waals surface area contributed by atoms with Gasteiger partial charge >= 0.3 is 5.69 Å². The van der Waals surface area contributed by atoms with E-state index in [2.05, 4.69) is 39.0 Å². The first-order chi connectivity index (χ1) is 13.9. The van der Waals surface area contributed by atoms with Crippen LogP contribution in [0.4, 0.5) is 17.1 Å². The second-order valence-electron chi connectivity index (χ2n) is 5.34. The Morgan fingerprint density at radius 3 is 2.62 bits per heavy atom. The molecule has 0 saturated heterocycles. The maximum Gasteiger partial charge on any atom is 0.301 e. The van der Waals surface area contributed by atoms with E-state index in [1.165, 1.54) is 12.3 Å². The molecule has 11 heteroatoms. The van der Waals surface area contributed by atoms with Gasteiger partial charge in [-0.2, -0.15) is 5.10 Å². The van der Waals surface area contributed by atoms with Crippen molar-refractivity contribution in [2.75, 3.05) is 18.6 Å². The van der Waals surface area contributed by atoms with E-state index in [1.54, 1.807) is 12.1 Å². The largest absolute Gasteiger partial charge is 0.490 e. The fourth-order valence-corrected chi connectivity index (χ4v) is 3.02. The number of hydrogen-bond donors (Lipinski definition) is 1. The van der Waals surface area contributed by atoms with E-state index in [4.69, 9.17) is 15.9 Å². The van der Waals surface area contributed by atoms with Gasteiger partial charge in [0.25, 0.3) is 5.69 Å². The van der Waals surface area contributed by atoms with Gasteiger partial charge in [0.15, 0.2) is 11.5 Å². The number of terminal acetylenes is 1. The minimum Gasteiger partial charge on any atom is -0.490 e. The van der Waals surface area contributed by atoms with Gasteiger partial charge in [-0.05, 0) is 53.3 Å². The van der Waals surface area contributed by atoms with Crippen LogP contribution in [0.5, 0.6) is 11.5 Å². The summed E-state index contributed by atoms with van der Waals surface area (Å²) in [5.74, 6) is 3.39. The van der Waals surface area contributed by atoms with Crippen molar-refractivity contribution in [3.63, 3.8) is 0 Å². The van der Waals surface area contributed by atoms with Gasteiger partial charge in [-0.1, -0.05) is 5.92 Å². The van der Waals surface area contributed by atoms with Gasteiger partial charge in [0.05, 0.1) is 32.3 Å². The number of nitrogens with zero attached hydrogens (tertiary/aromatic N) is 3. The van der Waals surface area contributed by atoms with Crippen LogP contribution in [0.2, 0.25) is 0 Å². The molecule has 150 valence electrons. The number of anilines is 1. The maximum absolute atomic E-state index is 11.2. The first kappa shape index (κ1) is 21.9. The number of nitro benzene ring substituents is 2. The number of hydrazone groups is 1. The lowest BCUT2D eigenvalue weighted by atomic mass is 10.2. The van der Waals surface area contributed by atoms with Crippen LogP contribution < -0.4 is 14.9 Å². The number of benzene rings is 2. The average molecular weight is 510 g/mol. The maximum atomic E-state index is 11.2. The molecule has 0 heterocycles. The van der Waals surface area contributed by atoms with Crippen LogP contribution in [0, 0.1) is 36.1 Å². The summed E-state index contributed by atoms with van der Waals surface area (Å²) in [6.45, 7) is 2.33. The fraction of sp³-hybridized carbons (Fsp3) is 0.167. The summed E-state index contributed by atoms with van der Waals surface area (Å²) in [5, 5.41) is 25.9. The zero-order valence-corrected chi connectivity index (χ0v) is 17.3. The third-order valence-corrected chi connectivity index (χ3v) is 4.22. The monoisotopic (exact) mass is 510 g/mol. The molecule has 0 saturated carbocycles. The molecule has 0 aliphatic rings. The van der Waals surface area contributed by atoms with Crippen LogP contribution in [-0.4, -0.2) is 29.3 Å². The summed E-state index contributed by atoms with van der Waals surface area (Å²) in [5.41, 5.74) is 2.35. The summed E-state index contributed by atoms with van der Waals surface area (Å²) in [6, 6.07) is 6.70. The molecule has 10 nitrogen and oxygen atoms in total. The lowest BCUT2D eigenvalue weighted by molar-refractivity contribution is -0.393. The van der Waals surface area contributed by atoms with Crippen molar-refractivity contribution in [3.8, 4) is 23.8 Å². The molecule has 0 unspecified atom stereocenters. The number of halogens is 1. The van der Waals surface area contributed by atoms with Gasteiger partial charge in [-0.25, -0.2) is 0 Å². The van der Waals surface area contributed by atoms with Gasteiger partial charge in [0.2, 0.25) is 0 Å². The zero-order valence-electron chi connectivity index (χ0n) is 15.1. The lowest BCUT2D eigenvalue weighted by Gasteiger charge is -2.13. The third-order valence-electron chi connectivity index (χ3n) is 3.42. The predicted molar refractivity (Wildman–Crippen MR) is 116 cm³/mol. The molecule has 29 heavy (non-hydrogen) atoms. The number of hydrogen-bond acceptors (Lipinski definition) is 8. The van der Waals surface area contributed by atoms with Crippen LogP contribution in [0.1, 0.15) is 12.5 Å². The highest BCUT2D eigenvalue weighted by atomic mass is 127. The molecule has 0 spiro atoms. The smallest absolute Gasteiger partial charge is 0.301 e. The van der Waals surface area contributed by atoms with Gasteiger partial charge in [0, 0.05) is 6.07 Å². The van der Waals surface area contributed by atoms with E-state index in [0.717, 1.165) is 15.7 Å². The minimum absolute atomic E-state index is 0.0190. The molecular weight excluding hydrogens is 495 g/mol. The highest BCUT2D eigenvalue weighted by Crippen LogP contribution is 2.34. The number of ether oxygens (including phenoxy) is 2. The summed E-state index contributed by atoms with van der Waals surface area (Å²) in [6.07, 6.45) is 6.66. The van der Waals surface area contributed by atoms with Gasteiger partial charge in [0.1, 0.15) is 12.3 Å². The topological polar surface area (TPSA) is 129 Å². The minimum atomic E-state index is -0.724. The Morgan fingerprint density at radius 2 is 2.00 bits per heavy atom. The van der Waals surface area contributed by atoms with E-state index < -0.39 is 15.5 Å². The Hall–Kier alpha value is -3.40. The van der Waals surface area contributed by atoms with Crippen molar-refractivity contribution in [3.05, 3.63) is 59.7 Å². The second kappa shape index (κ2) is 10.2. The molecule has 0 fully saturated rings. The molecule has 1 N–H and O–H groups in total. The summed E-state index contributed by atoms with van der Waals surface area (Å²) < 4.78 is 11.8. The van der Waals surface area contributed by atoms with Crippen LogP contribution in [0.3, 0.4) is 0 Å². The van der Waals surface area contributed by atoms with Crippen molar-refractivity contribution in [1.29, 1.82) is 0 Å². The molecule has 0 radical (unpaired) electrons.